The molecule has 7 nitrogen and oxygen atoms in total. The Morgan fingerprint density at radius 2 is 2.07 bits per heavy atom. The summed E-state index contributed by atoms with van der Waals surface area (Å²) in [5.41, 5.74) is 2.26. The second-order valence-corrected chi connectivity index (χ2v) is 6.84. The van der Waals surface area contributed by atoms with E-state index in [2.05, 4.69) is 36.4 Å². The van der Waals surface area contributed by atoms with E-state index in [4.69, 9.17) is 0 Å². The van der Waals surface area contributed by atoms with E-state index >= 15 is 0 Å². The van der Waals surface area contributed by atoms with Gasteiger partial charge in [0.15, 0.2) is 0 Å². The summed E-state index contributed by atoms with van der Waals surface area (Å²) in [4.78, 5) is 16.2. The first kappa shape index (κ1) is 19.2. The minimum absolute atomic E-state index is 0.144. The highest BCUT2D eigenvalue weighted by Crippen LogP contribution is 2.28. The van der Waals surface area contributed by atoms with Gasteiger partial charge in [-0.2, -0.15) is 5.10 Å². The minimum Gasteiger partial charge on any atom is -0.292 e. The van der Waals surface area contributed by atoms with Crippen molar-refractivity contribution in [3.8, 4) is 0 Å². The standard InChI is InChI=1S/C17H17BrF2N6O/c1-10-4-3-5-12(6-10)7-25-9-21-17(24-25)22-13(27)8-26-11(2)14(18)15(23-26)16(19)20/h3-6,9,16H,7-8H2,1-2H3,(H,22,24,27). The van der Waals surface area contributed by atoms with E-state index in [-0.39, 0.29) is 22.7 Å². The Kier molecular flexibility index (Phi) is 5.64. The predicted octanol–water partition coefficient (Wildman–Crippen LogP) is 3.48. The summed E-state index contributed by atoms with van der Waals surface area (Å²) in [6, 6.07) is 7.98. The fourth-order valence-electron chi connectivity index (χ4n) is 2.57. The van der Waals surface area contributed by atoms with Gasteiger partial charge < -0.3 is 0 Å². The summed E-state index contributed by atoms with van der Waals surface area (Å²) in [6.45, 7) is 3.91. The number of alkyl halides is 2. The van der Waals surface area contributed by atoms with Gasteiger partial charge >= 0.3 is 0 Å². The fourth-order valence-corrected chi connectivity index (χ4v) is 3.02. The van der Waals surface area contributed by atoms with E-state index in [0.29, 0.717) is 12.2 Å². The Morgan fingerprint density at radius 3 is 2.74 bits per heavy atom. The molecule has 1 aromatic carbocycles. The number of benzene rings is 1. The summed E-state index contributed by atoms with van der Waals surface area (Å²) < 4.78 is 28.8. The number of rotatable bonds is 6. The first-order chi connectivity index (χ1) is 12.8. The molecule has 0 radical (unpaired) electrons. The van der Waals surface area contributed by atoms with Crippen LogP contribution in [-0.4, -0.2) is 30.5 Å². The molecule has 1 N–H and O–H groups in total. The second-order valence-electron chi connectivity index (χ2n) is 6.05. The van der Waals surface area contributed by atoms with Crippen LogP contribution in [0, 0.1) is 13.8 Å². The van der Waals surface area contributed by atoms with E-state index in [1.165, 1.54) is 11.0 Å². The first-order valence-electron chi connectivity index (χ1n) is 8.09. The molecule has 3 rings (SSSR count). The Hall–Kier alpha value is -2.62. The maximum absolute atomic E-state index is 12.9. The Labute approximate surface area is 162 Å². The molecule has 0 aliphatic rings. The Morgan fingerprint density at radius 1 is 1.30 bits per heavy atom. The van der Waals surface area contributed by atoms with Crippen LogP contribution in [0.3, 0.4) is 0 Å². The van der Waals surface area contributed by atoms with Crippen LogP contribution in [0.4, 0.5) is 14.7 Å². The van der Waals surface area contributed by atoms with Gasteiger partial charge in [0.2, 0.25) is 11.9 Å². The third kappa shape index (κ3) is 4.57. The number of carbonyl (C=O) groups is 1. The number of nitrogens with zero attached hydrogens (tertiary/aromatic N) is 5. The minimum atomic E-state index is -2.72. The molecule has 0 atom stereocenters. The Balaban J connectivity index is 1.64. The average molecular weight is 439 g/mol. The van der Waals surface area contributed by atoms with Gasteiger partial charge in [-0.05, 0) is 35.3 Å². The largest absolute Gasteiger partial charge is 0.292 e. The van der Waals surface area contributed by atoms with E-state index in [9.17, 15) is 13.6 Å². The Bertz CT molecular complexity index is 968. The lowest BCUT2D eigenvalue weighted by molar-refractivity contribution is -0.117. The van der Waals surface area contributed by atoms with Crippen molar-refractivity contribution in [3.63, 3.8) is 0 Å². The molecule has 27 heavy (non-hydrogen) atoms. The number of hydrogen-bond donors (Lipinski definition) is 1. The van der Waals surface area contributed by atoms with Crippen LogP contribution in [0.15, 0.2) is 35.1 Å². The molecule has 0 saturated carbocycles. The molecule has 142 valence electrons. The molecule has 0 unspecified atom stereocenters. The molecule has 2 aromatic heterocycles. The third-order valence-electron chi connectivity index (χ3n) is 3.87. The van der Waals surface area contributed by atoms with Crippen LogP contribution >= 0.6 is 15.9 Å². The van der Waals surface area contributed by atoms with Crippen molar-refractivity contribution in [2.45, 2.75) is 33.4 Å². The summed E-state index contributed by atoms with van der Waals surface area (Å²) in [7, 11) is 0. The van der Waals surface area contributed by atoms with E-state index < -0.39 is 12.3 Å². The fraction of sp³-hybridized carbons (Fsp3) is 0.294. The predicted molar refractivity (Wildman–Crippen MR) is 98.6 cm³/mol. The normalized spacial score (nSPS) is 11.2. The van der Waals surface area contributed by atoms with E-state index in [1.54, 1.807) is 11.6 Å². The molecule has 0 fully saturated rings. The van der Waals surface area contributed by atoms with Gasteiger partial charge in [0, 0.05) is 0 Å². The third-order valence-corrected chi connectivity index (χ3v) is 4.85. The summed E-state index contributed by atoms with van der Waals surface area (Å²) in [5, 5.41) is 10.5. The van der Waals surface area contributed by atoms with Gasteiger partial charge in [0.1, 0.15) is 18.6 Å². The molecule has 0 bridgehead atoms. The van der Waals surface area contributed by atoms with Crippen molar-refractivity contribution >= 4 is 27.8 Å². The van der Waals surface area contributed by atoms with Crippen molar-refractivity contribution in [2.24, 2.45) is 0 Å². The lowest BCUT2D eigenvalue weighted by Gasteiger charge is -2.04. The summed E-state index contributed by atoms with van der Waals surface area (Å²) in [6.07, 6.45) is -1.20. The smallest absolute Gasteiger partial charge is 0.283 e. The van der Waals surface area contributed by atoms with Crippen molar-refractivity contribution in [1.29, 1.82) is 0 Å². The molecule has 10 heteroatoms. The number of aromatic nitrogens is 5. The first-order valence-corrected chi connectivity index (χ1v) is 8.88. The number of anilines is 1. The van der Waals surface area contributed by atoms with Gasteiger partial charge in [-0.25, -0.2) is 18.4 Å². The molecule has 0 aliphatic heterocycles. The lowest BCUT2D eigenvalue weighted by Crippen LogP contribution is -2.21. The zero-order chi connectivity index (χ0) is 19.6. The molecule has 3 aromatic rings. The molecular weight excluding hydrogens is 422 g/mol. The summed E-state index contributed by atoms with van der Waals surface area (Å²) in [5.74, 6) is -0.312. The van der Waals surface area contributed by atoms with Crippen molar-refractivity contribution in [1.82, 2.24) is 24.5 Å². The molecule has 0 aliphatic carbocycles. The SMILES string of the molecule is Cc1cccc(Cn2cnc(NC(=O)Cn3nc(C(F)F)c(Br)c3C)n2)c1. The van der Waals surface area contributed by atoms with Gasteiger partial charge in [-0.3, -0.25) is 14.8 Å². The second kappa shape index (κ2) is 7.95. The number of aryl methyl sites for hydroxylation is 1. The van der Waals surface area contributed by atoms with Crippen LogP contribution in [0.1, 0.15) is 28.9 Å². The highest BCUT2D eigenvalue weighted by atomic mass is 79.9. The average Bonchev–Trinajstić information content (AvgIpc) is 3.14. The molecule has 0 spiro atoms. The van der Waals surface area contributed by atoms with Crippen LogP contribution in [0.25, 0.3) is 0 Å². The van der Waals surface area contributed by atoms with E-state index in [1.807, 2.05) is 31.2 Å². The van der Waals surface area contributed by atoms with Crippen molar-refractivity contribution in [2.75, 3.05) is 5.32 Å². The van der Waals surface area contributed by atoms with Gasteiger partial charge in [0.25, 0.3) is 6.43 Å². The lowest BCUT2D eigenvalue weighted by atomic mass is 10.1. The monoisotopic (exact) mass is 438 g/mol. The highest BCUT2D eigenvalue weighted by Gasteiger charge is 2.21. The van der Waals surface area contributed by atoms with Crippen LogP contribution in [-0.2, 0) is 17.9 Å². The van der Waals surface area contributed by atoms with Crippen LogP contribution < -0.4 is 5.32 Å². The maximum Gasteiger partial charge on any atom is 0.283 e. The number of halogens is 3. The zero-order valence-corrected chi connectivity index (χ0v) is 16.2. The van der Waals surface area contributed by atoms with Gasteiger partial charge in [-0.15, -0.1) is 5.10 Å². The zero-order valence-electron chi connectivity index (χ0n) is 14.7. The quantitative estimate of drug-likeness (QED) is 0.638. The van der Waals surface area contributed by atoms with Crippen LogP contribution in [0.2, 0.25) is 0 Å². The van der Waals surface area contributed by atoms with E-state index in [0.717, 1.165) is 11.1 Å². The molecule has 0 saturated heterocycles. The van der Waals surface area contributed by atoms with Crippen LogP contribution in [0.5, 0.6) is 0 Å². The number of hydrogen-bond acceptors (Lipinski definition) is 4. The highest BCUT2D eigenvalue weighted by molar-refractivity contribution is 9.10. The number of amides is 1. The summed E-state index contributed by atoms with van der Waals surface area (Å²) >= 11 is 3.08. The van der Waals surface area contributed by atoms with Gasteiger partial charge in [0.05, 0.1) is 16.7 Å². The van der Waals surface area contributed by atoms with Gasteiger partial charge in [-0.1, -0.05) is 29.8 Å². The molecule has 1 amide bonds. The van der Waals surface area contributed by atoms with Crippen molar-refractivity contribution < 1.29 is 13.6 Å². The topological polar surface area (TPSA) is 77.6 Å². The maximum atomic E-state index is 12.9. The molecular formula is C17H17BrF2N6O. The number of nitrogens with one attached hydrogen (secondary N) is 1. The van der Waals surface area contributed by atoms with Crippen molar-refractivity contribution in [3.05, 3.63) is 57.6 Å². The number of carbonyl (C=O) groups excluding carboxylic acids is 1. The molecule has 2 heterocycles.